The van der Waals surface area contributed by atoms with Crippen molar-refractivity contribution in [2.75, 3.05) is 39.2 Å². The van der Waals surface area contributed by atoms with Crippen LogP contribution in [0.5, 0.6) is 5.88 Å². The molecule has 9 nitrogen and oxygen atoms in total. The van der Waals surface area contributed by atoms with Crippen molar-refractivity contribution < 1.29 is 19.3 Å². The van der Waals surface area contributed by atoms with Crippen molar-refractivity contribution in [3.63, 3.8) is 0 Å². The van der Waals surface area contributed by atoms with Crippen molar-refractivity contribution in [1.29, 1.82) is 0 Å². The molecule has 4 heterocycles. The number of alkyl halides is 2. The molecule has 0 unspecified atom stereocenters. The standard InChI is InChI=1S/C21H23F3N8O/c1-30-7-5-15(13(23)10-30)25-21-26-20(33-2)19-18(14(24)11-32(19)28-21)12-3-4-16-17(9-12)31(8-6-22)29-27-16/h3-4,9,11,13,15H,5-8,10H2,1-2H3,(H,25,28)/t13-,15+/m1/s1/i11D. The molecule has 1 N–H and O–H groups in total. The number of anilines is 1. The highest BCUT2D eigenvalue weighted by molar-refractivity contribution is 5.89. The molecule has 3 aromatic heterocycles. The number of aryl methyl sites for hydroxylation is 1. The number of aromatic nitrogens is 6. The Bertz CT molecular complexity index is 1360. The lowest BCUT2D eigenvalue weighted by Crippen LogP contribution is -2.46. The number of ether oxygens (including phenoxy) is 1. The number of rotatable bonds is 6. The first-order valence-corrected chi connectivity index (χ1v) is 10.5. The Morgan fingerprint density at radius 1 is 1.36 bits per heavy atom. The second-order valence-corrected chi connectivity index (χ2v) is 8.03. The second kappa shape index (κ2) is 8.50. The van der Waals surface area contributed by atoms with E-state index in [1.807, 2.05) is 11.9 Å². The van der Waals surface area contributed by atoms with Crippen LogP contribution in [0.15, 0.2) is 24.4 Å². The zero-order valence-electron chi connectivity index (χ0n) is 19.1. The van der Waals surface area contributed by atoms with E-state index in [1.165, 1.54) is 11.8 Å². The number of halogens is 3. The van der Waals surface area contributed by atoms with E-state index in [2.05, 4.69) is 25.7 Å². The Labute approximate surface area is 188 Å². The predicted molar refractivity (Wildman–Crippen MR) is 116 cm³/mol. The maximum absolute atomic E-state index is 15.4. The molecule has 0 amide bonds. The van der Waals surface area contributed by atoms with E-state index in [0.717, 1.165) is 4.52 Å². The smallest absolute Gasteiger partial charge is 0.244 e. The summed E-state index contributed by atoms with van der Waals surface area (Å²) in [5.41, 5.74) is 1.67. The van der Waals surface area contributed by atoms with Crippen LogP contribution in [0.1, 0.15) is 7.79 Å². The fraction of sp³-hybridized carbons (Fsp3) is 0.429. The third-order valence-corrected chi connectivity index (χ3v) is 5.83. The molecular formula is C21H23F3N8O. The van der Waals surface area contributed by atoms with Gasteiger partial charge in [0.1, 0.15) is 23.9 Å². The van der Waals surface area contributed by atoms with Crippen molar-refractivity contribution in [1.82, 2.24) is 34.5 Å². The van der Waals surface area contributed by atoms with E-state index >= 15 is 4.39 Å². The fourth-order valence-corrected chi connectivity index (χ4v) is 4.17. The summed E-state index contributed by atoms with van der Waals surface area (Å²) >= 11 is 0. The van der Waals surface area contributed by atoms with Gasteiger partial charge < -0.3 is 15.0 Å². The van der Waals surface area contributed by atoms with Gasteiger partial charge in [0.25, 0.3) is 0 Å². The van der Waals surface area contributed by atoms with Crippen molar-refractivity contribution in [3.8, 4) is 17.0 Å². The molecule has 1 aliphatic rings. The van der Waals surface area contributed by atoms with E-state index in [4.69, 9.17) is 6.11 Å². The second-order valence-electron chi connectivity index (χ2n) is 8.03. The normalized spacial score (nSPS) is 19.8. The third kappa shape index (κ3) is 3.84. The van der Waals surface area contributed by atoms with E-state index in [-0.39, 0.29) is 36.0 Å². The molecular weight excluding hydrogens is 437 g/mol. The van der Waals surface area contributed by atoms with Crippen LogP contribution >= 0.6 is 0 Å². The molecule has 1 fully saturated rings. The summed E-state index contributed by atoms with van der Waals surface area (Å²) in [7, 11) is 3.23. The summed E-state index contributed by atoms with van der Waals surface area (Å²) in [5, 5.41) is 15.1. The number of nitrogens with one attached hydrogen (secondary N) is 1. The van der Waals surface area contributed by atoms with Gasteiger partial charge in [0, 0.05) is 13.1 Å². The molecule has 2 atom stereocenters. The summed E-state index contributed by atoms with van der Waals surface area (Å²) in [5.74, 6) is -0.753. The number of benzene rings is 1. The molecule has 33 heavy (non-hydrogen) atoms. The number of likely N-dealkylation sites (tertiary alicyclic amines) is 1. The monoisotopic (exact) mass is 461 g/mol. The number of hydrogen-bond acceptors (Lipinski definition) is 7. The van der Waals surface area contributed by atoms with Gasteiger partial charge in [-0.05, 0) is 31.2 Å². The van der Waals surface area contributed by atoms with Gasteiger partial charge in [-0.3, -0.25) is 0 Å². The van der Waals surface area contributed by atoms with Gasteiger partial charge >= 0.3 is 0 Å². The van der Waals surface area contributed by atoms with Crippen LogP contribution in [0.25, 0.3) is 27.7 Å². The lowest BCUT2D eigenvalue weighted by atomic mass is 10.0. The number of methoxy groups -OCH3 is 1. The highest BCUT2D eigenvalue weighted by Gasteiger charge is 2.29. The zero-order chi connectivity index (χ0) is 24.0. The highest BCUT2D eigenvalue weighted by Crippen LogP contribution is 2.35. The quantitative estimate of drug-likeness (QED) is 0.473. The number of nitrogens with zero attached hydrogens (tertiary/aromatic N) is 7. The number of fused-ring (bicyclic) bond motifs is 2. The fourth-order valence-electron chi connectivity index (χ4n) is 4.17. The summed E-state index contributed by atoms with van der Waals surface area (Å²) in [6.07, 6.45) is -1.09. The van der Waals surface area contributed by atoms with E-state index in [1.54, 1.807) is 18.2 Å². The third-order valence-electron chi connectivity index (χ3n) is 5.83. The molecule has 0 bridgehead atoms. The average Bonchev–Trinajstić information content (AvgIpc) is 3.34. The molecule has 4 aromatic rings. The molecule has 0 radical (unpaired) electrons. The molecule has 1 aromatic carbocycles. The van der Waals surface area contributed by atoms with Crippen molar-refractivity contribution in [2.45, 2.75) is 25.2 Å². The molecule has 0 spiro atoms. The average molecular weight is 461 g/mol. The van der Waals surface area contributed by atoms with Gasteiger partial charge in [-0.25, -0.2) is 22.4 Å². The number of piperidine rings is 1. The Balaban J connectivity index is 1.61. The SMILES string of the molecule is [2H]c1c(F)c(-c2ccc3nnn(CCF)c3c2)c2c(OC)nc(N[C@H]3CCN(C)C[C@H]3F)nn12. The number of hydrogen-bond donors (Lipinski definition) is 1. The van der Waals surface area contributed by atoms with E-state index in [9.17, 15) is 8.78 Å². The van der Waals surface area contributed by atoms with Gasteiger partial charge in [-0.15, -0.1) is 10.2 Å². The Morgan fingerprint density at radius 3 is 2.97 bits per heavy atom. The van der Waals surface area contributed by atoms with Crippen LogP contribution in [0.2, 0.25) is 0 Å². The molecule has 174 valence electrons. The first kappa shape index (κ1) is 20.2. The van der Waals surface area contributed by atoms with Gasteiger partial charge in [0.05, 0.1) is 38.3 Å². The van der Waals surface area contributed by atoms with Gasteiger partial charge in [-0.2, -0.15) is 4.98 Å². The molecule has 0 aliphatic carbocycles. The molecule has 0 saturated carbocycles. The first-order chi connectivity index (χ1) is 16.4. The Morgan fingerprint density at radius 2 is 2.21 bits per heavy atom. The van der Waals surface area contributed by atoms with Crippen molar-refractivity contribution in [2.24, 2.45) is 0 Å². The minimum Gasteiger partial charge on any atom is -0.479 e. The molecule has 12 heteroatoms. The summed E-state index contributed by atoms with van der Waals surface area (Å²) in [6, 6.07) is 4.38. The summed E-state index contributed by atoms with van der Waals surface area (Å²) in [6.45, 7) is 0.368. The maximum atomic E-state index is 15.4. The zero-order valence-corrected chi connectivity index (χ0v) is 18.1. The molecule has 1 saturated heterocycles. The van der Waals surface area contributed by atoms with Crippen molar-refractivity contribution in [3.05, 3.63) is 30.2 Å². The van der Waals surface area contributed by atoms with Crippen LogP contribution in [-0.2, 0) is 6.54 Å². The van der Waals surface area contributed by atoms with Crippen LogP contribution in [0.3, 0.4) is 0 Å². The highest BCUT2D eigenvalue weighted by atomic mass is 19.1. The van der Waals surface area contributed by atoms with Gasteiger partial charge in [-0.1, -0.05) is 11.3 Å². The van der Waals surface area contributed by atoms with Crippen LogP contribution in [0, 0.1) is 5.82 Å². The van der Waals surface area contributed by atoms with E-state index in [0.29, 0.717) is 29.6 Å². The minimum absolute atomic E-state index is 0.0105. The summed E-state index contributed by atoms with van der Waals surface area (Å²) in [4.78, 5) is 6.23. The van der Waals surface area contributed by atoms with Gasteiger partial charge in [0.2, 0.25) is 11.8 Å². The van der Waals surface area contributed by atoms with Crippen LogP contribution in [0.4, 0.5) is 19.1 Å². The topological polar surface area (TPSA) is 85.4 Å². The van der Waals surface area contributed by atoms with Gasteiger partial charge in [0.15, 0.2) is 5.82 Å². The maximum Gasteiger partial charge on any atom is 0.244 e. The Kier molecular flexibility index (Phi) is 5.21. The van der Waals surface area contributed by atoms with Crippen LogP contribution < -0.4 is 10.1 Å². The largest absolute Gasteiger partial charge is 0.479 e. The van der Waals surface area contributed by atoms with E-state index < -0.39 is 30.9 Å². The lowest BCUT2D eigenvalue weighted by Gasteiger charge is -2.32. The molecule has 1 aliphatic heterocycles. The van der Waals surface area contributed by atoms with Crippen LogP contribution in [-0.4, -0.2) is 80.6 Å². The first-order valence-electron chi connectivity index (χ1n) is 11.0. The minimum atomic E-state index is -1.13. The lowest BCUT2D eigenvalue weighted by molar-refractivity contribution is 0.149. The predicted octanol–water partition coefficient (Wildman–Crippen LogP) is 2.71. The molecule has 5 rings (SSSR count). The Hall–Kier alpha value is -3.41. The summed E-state index contributed by atoms with van der Waals surface area (Å²) < 4.78 is 59.0. The van der Waals surface area contributed by atoms with Crippen molar-refractivity contribution >= 4 is 22.5 Å².